The van der Waals surface area contributed by atoms with E-state index in [2.05, 4.69) is 21.2 Å². The first-order chi connectivity index (χ1) is 9.51. The minimum Gasteiger partial charge on any atom is -0.399 e. The number of nitrogens with two attached hydrogens (primary N) is 2. The number of benzene rings is 2. The van der Waals surface area contributed by atoms with Crippen molar-refractivity contribution < 1.29 is 4.79 Å². The molecule has 20 heavy (non-hydrogen) atoms. The fraction of sp³-hybridized carbons (Fsp3) is 0.133. The molecule has 104 valence electrons. The summed E-state index contributed by atoms with van der Waals surface area (Å²) in [6.45, 7) is 2.04. The molecule has 0 aliphatic rings. The van der Waals surface area contributed by atoms with Crippen LogP contribution in [0, 0.1) is 0 Å². The highest BCUT2D eigenvalue weighted by Crippen LogP contribution is 2.23. The Morgan fingerprint density at radius 2 is 1.95 bits per heavy atom. The van der Waals surface area contributed by atoms with E-state index in [1.165, 1.54) is 0 Å². The Balaban J connectivity index is 2.28. The van der Waals surface area contributed by atoms with Crippen molar-refractivity contribution in [2.45, 2.75) is 13.3 Å². The Bertz CT molecular complexity index is 656. The molecule has 0 atom stereocenters. The van der Waals surface area contributed by atoms with Crippen molar-refractivity contribution in [1.82, 2.24) is 0 Å². The Hall–Kier alpha value is -2.01. The van der Waals surface area contributed by atoms with E-state index in [0.29, 0.717) is 16.9 Å². The number of nitrogen functional groups attached to an aromatic ring is 2. The second kappa shape index (κ2) is 5.96. The molecule has 0 heterocycles. The zero-order valence-electron chi connectivity index (χ0n) is 11.1. The lowest BCUT2D eigenvalue weighted by Gasteiger charge is -2.12. The van der Waals surface area contributed by atoms with Crippen molar-refractivity contribution in [1.29, 1.82) is 0 Å². The second-order valence-corrected chi connectivity index (χ2v) is 5.37. The summed E-state index contributed by atoms with van der Waals surface area (Å²) in [5.41, 5.74) is 14.6. The first-order valence-corrected chi connectivity index (χ1v) is 7.05. The molecule has 2 aromatic rings. The number of rotatable bonds is 3. The van der Waals surface area contributed by atoms with Gasteiger partial charge in [0, 0.05) is 21.5 Å². The van der Waals surface area contributed by atoms with E-state index in [9.17, 15) is 4.79 Å². The van der Waals surface area contributed by atoms with Gasteiger partial charge in [0.25, 0.3) is 5.91 Å². The molecule has 0 radical (unpaired) electrons. The van der Waals surface area contributed by atoms with Crippen molar-refractivity contribution in [2.24, 2.45) is 0 Å². The molecule has 0 saturated heterocycles. The van der Waals surface area contributed by atoms with Crippen molar-refractivity contribution in [3.05, 3.63) is 52.0 Å². The van der Waals surface area contributed by atoms with Crippen LogP contribution in [0.5, 0.6) is 0 Å². The number of carbonyl (C=O) groups is 1. The van der Waals surface area contributed by atoms with E-state index in [1.54, 1.807) is 18.2 Å². The van der Waals surface area contributed by atoms with Gasteiger partial charge in [0.2, 0.25) is 0 Å². The standard InChI is InChI=1S/C15H16BrN3O/c1-2-9-7-10(16)3-6-14(9)19-15(20)12-5-4-11(17)8-13(12)18/h3-8H,2,17-18H2,1H3,(H,19,20). The monoisotopic (exact) mass is 333 g/mol. The summed E-state index contributed by atoms with van der Waals surface area (Å²) in [4.78, 5) is 12.3. The van der Waals surface area contributed by atoms with E-state index in [0.717, 1.165) is 22.1 Å². The summed E-state index contributed by atoms with van der Waals surface area (Å²) in [5, 5.41) is 2.88. The van der Waals surface area contributed by atoms with Gasteiger partial charge < -0.3 is 16.8 Å². The van der Waals surface area contributed by atoms with E-state index in [-0.39, 0.29) is 5.91 Å². The summed E-state index contributed by atoms with van der Waals surface area (Å²) < 4.78 is 0.986. The van der Waals surface area contributed by atoms with Crippen LogP contribution in [0.1, 0.15) is 22.8 Å². The molecule has 0 aromatic heterocycles. The molecule has 1 amide bonds. The number of halogens is 1. The van der Waals surface area contributed by atoms with Crippen LogP contribution in [-0.2, 0) is 6.42 Å². The predicted molar refractivity (Wildman–Crippen MR) is 86.7 cm³/mol. The maximum absolute atomic E-state index is 12.3. The smallest absolute Gasteiger partial charge is 0.257 e. The summed E-state index contributed by atoms with van der Waals surface area (Å²) >= 11 is 3.42. The molecule has 2 aromatic carbocycles. The molecule has 0 spiro atoms. The fourth-order valence-electron chi connectivity index (χ4n) is 1.95. The van der Waals surface area contributed by atoms with E-state index >= 15 is 0 Å². The van der Waals surface area contributed by atoms with Crippen molar-refractivity contribution in [3.8, 4) is 0 Å². The van der Waals surface area contributed by atoms with Crippen LogP contribution < -0.4 is 16.8 Å². The van der Waals surface area contributed by atoms with Crippen LogP contribution in [0.2, 0.25) is 0 Å². The maximum atomic E-state index is 12.3. The van der Waals surface area contributed by atoms with Crippen molar-refractivity contribution in [2.75, 3.05) is 16.8 Å². The second-order valence-electron chi connectivity index (χ2n) is 4.46. The van der Waals surface area contributed by atoms with Crippen molar-refractivity contribution in [3.63, 3.8) is 0 Å². The fourth-order valence-corrected chi connectivity index (χ4v) is 2.36. The zero-order chi connectivity index (χ0) is 14.7. The van der Waals surface area contributed by atoms with E-state index in [4.69, 9.17) is 11.5 Å². The van der Waals surface area contributed by atoms with Crippen LogP contribution in [-0.4, -0.2) is 5.91 Å². The zero-order valence-corrected chi connectivity index (χ0v) is 12.7. The Morgan fingerprint density at radius 3 is 2.60 bits per heavy atom. The lowest BCUT2D eigenvalue weighted by molar-refractivity contribution is 0.102. The molecule has 0 fully saturated rings. The average molecular weight is 334 g/mol. The van der Waals surface area contributed by atoms with Gasteiger partial charge in [-0.15, -0.1) is 0 Å². The molecule has 5 heteroatoms. The number of amides is 1. The van der Waals surface area contributed by atoms with E-state index < -0.39 is 0 Å². The highest BCUT2D eigenvalue weighted by molar-refractivity contribution is 9.10. The van der Waals surface area contributed by atoms with Gasteiger partial charge in [-0.3, -0.25) is 4.79 Å². The molecule has 0 aliphatic carbocycles. The molecule has 0 unspecified atom stereocenters. The van der Waals surface area contributed by atoms with Gasteiger partial charge in [-0.1, -0.05) is 22.9 Å². The third-order valence-electron chi connectivity index (χ3n) is 3.02. The summed E-state index contributed by atoms with van der Waals surface area (Å²) in [5.74, 6) is -0.237. The number of hydrogen-bond donors (Lipinski definition) is 3. The van der Waals surface area contributed by atoms with Gasteiger partial charge in [0.05, 0.1) is 5.56 Å². The Labute approximate surface area is 126 Å². The van der Waals surface area contributed by atoms with Gasteiger partial charge in [0.15, 0.2) is 0 Å². The third kappa shape index (κ3) is 3.11. The van der Waals surface area contributed by atoms with Crippen LogP contribution >= 0.6 is 15.9 Å². The SMILES string of the molecule is CCc1cc(Br)ccc1NC(=O)c1ccc(N)cc1N. The predicted octanol–water partition coefficient (Wildman–Crippen LogP) is 3.43. The van der Waals surface area contributed by atoms with Crippen molar-refractivity contribution >= 4 is 38.9 Å². The Morgan fingerprint density at radius 1 is 1.20 bits per heavy atom. The molecule has 0 bridgehead atoms. The minimum atomic E-state index is -0.237. The highest BCUT2D eigenvalue weighted by Gasteiger charge is 2.12. The third-order valence-corrected chi connectivity index (χ3v) is 3.51. The van der Waals surface area contributed by atoms with Gasteiger partial charge in [-0.05, 0) is 48.4 Å². The topological polar surface area (TPSA) is 81.1 Å². The lowest BCUT2D eigenvalue weighted by Crippen LogP contribution is -2.15. The molecule has 5 N–H and O–H groups in total. The van der Waals surface area contributed by atoms with Gasteiger partial charge in [-0.25, -0.2) is 0 Å². The quantitative estimate of drug-likeness (QED) is 0.752. The van der Waals surface area contributed by atoms with Crippen LogP contribution in [0.4, 0.5) is 17.1 Å². The molecule has 0 aliphatic heterocycles. The van der Waals surface area contributed by atoms with Gasteiger partial charge >= 0.3 is 0 Å². The summed E-state index contributed by atoms with van der Waals surface area (Å²) in [7, 11) is 0. The number of anilines is 3. The molecular weight excluding hydrogens is 318 g/mol. The molecular formula is C15H16BrN3O. The highest BCUT2D eigenvalue weighted by atomic mass is 79.9. The largest absolute Gasteiger partial charge is 0.399 e. The molecule has 0 saturated carbocycles. The van der Waals surface area contributed by atoms with E-state index in [1.807, 2.05) is 25.1 Å². The van der Waals surface area contributed by atoms with Gasteiger partial charge in [0.1, 0.15) is 0 Å². The van der Waals surface area contributed by atoms with Crippen LogP contribution in [0.3, 0.4) is 0 Å². The van der Waals surface area contributed by atoms with Crippen LogP contribution in [0.25, 0.3) is 0 Å². The summed E-state index contributed by atoms with van der Waals surface area (Å²) in [6.07, 6.45) is 0.826. The maximum Gasteiger partial charge on any atom is 0.257 e. The Kier molecular flexibility index (Phi) is 4.29. The molecule has 2 rings (SSSR count). The molecule has 4 nitrogen and oxygen atoms in total. The van der Waals surface area contributed by atoms with Gasteiger partial charge in [-0.2, -0.15) is 0 Å². The first-order valence-electron chi connectivity index (χ1n) is 6.26. The minimum absolute atomic E-state index is 0.237. The first kappa shape index (κ1) is 14.4. The normalized spacial score (nSPS) is 10.3. The number of nitrogens with one attached hydrogen (secondary N) is 1. The number of hydrogen-bond acceptors (Lipinski definition) is 3. The number of aryl methyl sites for hydroxylation is 1. The number of carbonyl (C=O) groups excluding carboxylic acids is 1. The average Bonchev–Trinajstić information content (AvgIpc) is 2.40. The summed E-state index contributed by atoms with van der Waals surface area (Å²) in [6, 6.07) is 10.6. The lowest BCUT2D eigenvalue weighted by atomic mass is 10.1. The van der Waals surface area contributed by atoms with Crippen LogP contribution in [0.15, 0.2) is 40.9 Å².